The smallest absolute Gasteiger partial charge is 0.258 e. The van der Waals surface area contributed by atoms with Crippen LogP contribution in [0.3, 0.4) is 0 Å². The van der Waals surface area contributed by atoms with Gasteiger partial charge >= 0.3 is 0 Å². The number of hydrogen-bond acceptors (Lipinski definition) is 5. The molecule has 0 radical (unpaired) electrons. The summed E-state index contributed by atoms with van der Waals surface area (Å²) in [5.74, 6) is -0.971. The van der Waals surface area contributed by atoms with Gasteiger partial charge in [0.25, 0.3) is 5.56 Å². The molecule has 0 saturated carbocycles. The maximum atomic E-state index is 14.1. The molecule has 4 aromatic carbocycles. The van der Waals surface area contributed by atoms with Crippen molar-refractivity contribution in [2.24, 2.45) is 7.05 Å². The molecular weight excluding hydrogens is 680 g/mol. The highest BCUT2D eigenvalue weighted by Gasteiger charge is 2.30. The quantitative estimate of drug-likeness (QED) is 0.120. The number of nitrogens with one attached hydrogen (secondary N) is 3. The average molecular weight is 714 g/mol. The van der Waals surface area contributed by atoms with E-state index < -0.39 is 15.9 Å². The number of carbonyl (C=O) groups is 1. The monoisotopic (exact) mass is 712 g/mol. The molecule has 4 N–H and O–H groups in total. The number of hydrogen-bond donors (Lipinski definition) is 4. The molecule has 0 saturated heterocycles. The Kier molecular flexibility index (Phi) is 9.05. The number of amides is 1. The molecule has 1 amide bonds. The van der Waals surface area contributed by atoms with Crippen LogP contribution in [0.25, 0.3) is 21.8 Å². The highest BCUT2D eigenvalue weighted by Crippen LogP contribution is 2.41. The molecule has 2 heterocycles. The minimum atomic E-state index is -3.80. The molecule has 6 aromatic rings. The van der Waals surface area contributed by atoms with Gasteiger partial charge in [0.1, 0.15) is 5.75 Å². The molecule has 0 spiro atoms. The molecule has 0 aliphatic rings. The van der Waals surface area contributed by atoms with Crippen LogP contribution in [0.5, 0.6) is 5.75 Å². The first kappa shape index (κ1) is 32.2. The molecule has 0 aliphatic carbocycles. The Morgan fingerprint density at radius 1 is 0.957 bits per heavy atom. The van der Waals surface area contributed by atoms with Crippen LogP contribution in [0.2, 0.25) is 0 Å². The summed E-state index contributed by atoms with van der Waals surface area (Å²) in [5, 5.41) is 15.9. The molecular formula is C36H33BrN4O5S. The number of benzene rings is 4. The number of rotatable bonds is 10. The largest absolute Gasteiger partial charge is 0.507 e. The minimum Gasteiger partial charge on any atom is -0.507 e. The van der Waals surface area contributed by atoms with Crippen LogP contribution in [-0.2, 0) is 28.3 Å². The summed E-state index contributed by atoms with van der Waals surface area (Å²) in [4.78, 5) is 29.0. The van der Waals surface area contributed by atoms with Crippen molar-refractivity contribution in [3.05, 3.63) is 134 Å². The van der Waals surface area contributed by atoms with Crippen molar-refractivity contribution in [3.8, 4) is 5.75 Å². The number of H-pyrrole nitrogens is 1. The van der Waals surface area contributed by atoms with Gasteiger partial charge in [-0.15, -0.1) is 0 Å². The third-order valence-corrected chi connectivity index (χ3v) is 10.3. The number of nitrogens with zero attached hydrogens (tertiary/aromatic N) is 1. The fraction of sp³-hybridized carbons (Fsp3) is 0.167. The Morgan fingerprint density at radius 2 is 1.66 bits per heavy atom. The van der Waals surface area contributed by atoms with E-state index >= 15 is 0 Å². The van der Waals surface area contributed by atoms with Crippen molar-refractivity contribution in [2.75, 3.05) is 11.9 Å². The second-order valence-corrected chi connectivity index (χ2v) is 14.1. The predicted octanol–water partition coefficient (Wildman–Crippen LogP) is 6.54. The lowest BCUT2D eigenvalue weighted by Gasteiger charge is -2.22. The van der Waals surface area contributed by atoms with Crippen molar-refractivity contribution >= 4 is 59.4 Å². The van der Waals surface area contributed by atoms with Crippen molar-refractivity contribution in [1.82, 2.24) is 14.3 Å². The van der Waals surface area contributed by atoms with Crippen LogP contribution in [0.15, 0.2) is 111 Å². The van der Waals surface area contributed by atoms with Crippen LogP contribution in [0.1, 0.15) is 41.6 Å². The lowest BCUT2D eigenvalue weighted by Crippen LogP contribution is -2.26. The first-order valence-electron chi connectivity index (χ1n) is 15.1. The molecule has 240 valence electrons. The molecule has 47 heavy (non-hydrogen) atoms. The fourth-order valence-corrected chi connectivity index (χ4v) is 7.63. The Bertz CT molecular complexity index is 2300. The fourth-order valence-electron chi connectivity index (χ4n) is 6.14. The SMILES string of the molecule is CC(=O)Nc1ccc(S(=O)(=O)NCCCc2c(C(c3cccc(Br)c3)c3c(O)c4ccccc4n(C)c3=O)[nH]c3ccccc23)cc1. The van der Waals surface area contributed by atoms with Gasteiger partial charge in [-0.1, -0.05) is 58.4 Å². The van der Waals surface area contributed by atoms with E-state index in [1.807, 2.05) is 60.7 Å². The normalized spacial score (nSPS) is 12.4. The van der Waals surface area contributed by atoms with Gasteiger partial charge in [-0.2, -0.15) is 0 Å². The summed E-state index contributed by atoms with van der Waals surface area (Å²) in [6.45, 7) is 1.55. The Hall–Kier alpha value is -4.71. The van der Waals surface area contributed by atoms with Crippen LogP contribution in [-0.4, -0.2) is 35.5 Å². The van der Waals surface area contributed by atoms with Gasteiger partial charge < -0.3 is 20.0 Å². The van der Waals surface area contributed by atoms with Crippen molar-refractivity contribution < 1.29 is 18.3 Å². The third-order valence-electron chi connectivity index (χ3n) is 8.30. The second kappa shape index (κ2) is 13.2. The zero-order valence-electron chi connectivity index (χ0n) is 25.7. The van der Waals surface area contributed by atoms with Crippen molar-refractivity contribution in [2.45, 2.75) is 30.6 Å². The summed E-state index contributed by atoms with van der Waals surface area (Å²) in [6, 6.07) is 28.8. The molecule has 1 atom stereocenters. The number of aromatic nitrogens is 2. The van der Waals surface area contributed by atoms with Crippen LogP contribution >= 0.6 is 15.9 Å². The first-order chi connectivity index (χ1) is 22.5. The lowest BCUT2D eigenvalue weighted by atomic mass is 9.85. The van der Waals surface area contributed by atoms with Crippen molar-refractivity contribution in [3.63, 3.8) is 0 Å². The molecule has 6 rings (SSSR count). The van der Waals surface area contributed by atoms with Gasteiger partial charge in [0, 0.05) is 52.7 Å². The van der Waals surface area contributed by atoms with E-state index in [0.717, 1.165) is 32.2 Å². The molecule has 0 fully saturated rings. The van der Waals surface area contributed by atoms with E-state index in [2.05, 4.69) is 31.0 Å². The first-order valence-corrected chi connectivity index (χ1v) is 17.4. The number of fused-ring (bicyclic) bond motifs is 2. The minimum absolute atomic E-state index is 0.0736. The highest BCUT2D eigenvalue weighted by molar-refractivity contribution is 9.10. The van der Waals surface area contributed by atoms with Gasteiger partial charge in [0.15, 0.2) is 0 Å². The number of aromatic amines is 1. The number of para-hydroxylation sites is 2. The molecule has 0 bridgehead atoms. The Balaban J connectivity index is 1.38. The lowest BCUT2D eigenvalue weighted by molar-refractivity contribution is -0.114. The average Bonchev–Trinajstić information content (AvgIpc) is 3.41. The molecule has 0 aliphatic heterocycles. The molecule has 1 unspecified atom stereocenters. The van der Waals surface area contributed by atoms with E-state index in [9.17, 15) is 23.1 Å². The van der Waals surface area contributed by atoms with Gasteiger partial charge in [0.05, 0.1) is 21.9 Å². The third kappa shape index (κ3) is 6.47. The Labute approximate surface area is 280 Å². The summed E-state index contributed by atoms with van der Waals surface area (Å²) in [5.41, 5.74) is 4.43. The van der Waals surface area contributed by atoms with E-state index in [0.29, 0.717) is 29.4 Å². The van der Waals surface area contributed by atoms with E-state index in [1.54, 1.807) is 35.9 Å². The molecule has 11 heteroatoms. The summed E-state index contributed by atoms with van der Waals surface area (Å²) in [7, 11) is -2.09. The predicted molar refractivity (Wildman–Crippen MR) is 188 cm³/mol. The number of anilines is 1. The van der Waals surface area contributed by atoms with Gasteiger partial charge in [0.2, 0.25) is 15.9 Å². The van der Waals surface area contributed by atoms with Crippen LogP contribution in [0, 0.1) is 0 Å². The highest BCUT2D eigenvalue weighted by atomic mass is 79.9. The summed E-state index contributed by atoms with van der Waals surface area (Å²) in [6.07, 6.45) is 0.952. The van der Waals surface area contributed by atoms with Crippen molar-refractivity contribution in [1.29, 1.82) is 0 Å². The number of carbonyl (C=O) groups excluding carboxylic acids is 1. The zero-order valence-corrected chi connectivity index (χ0v) is 28.2. The van der Waals surface area contributed by atoms with E-state index in [1.165, 1.54) is 19.1 Å². The molecule has 2 aromatic heterocycles. The second-order valence-electron chi connectivity index (χ2n) is 11.4. The number of aryl methyl sites for hydroxylation is 2. The standard InChI is InChI=1S/C36H33BrN4O5S/c1-22(42)39-25-16-18-26(19-17-25)47(45,46)38-20-8-13-28-27-11-3-5-14-30(27)40-34(28)32(23-9-7-10-24(37)21-23)33-35(43)29-12-4-6-15-31(29)41(2)36(33)44/h3-7,9-12,14-19,21,32,38,40,43H,8,13,20H2,1-2H3,(H,39,42). The topological polar surface area (TPSA) is 133 Å². The Morgan fingerprint density at radius 3 is 2.38 bits per heavy atom. The maximum Gasteiger partial charge on any atom is 0.258 e. The van der Waals surface area contributed by atoms with E-state index in [-0.39, 0.29) is 34.2 Å². The van der Waals surface area contributed by atoms with Gasteiger partial charge in [-0.05, 0) is 78.6 Å². The van der Waals surface area contributed by atoms with Crippen LogP contribution in [0.4, 0.5) is 5.69 Å². The summed E-state index contributed by atoms with van der Waals surface area (Å²) < 4.78 is 31.2. The van der Waals surface area contributed by atoms with Gasteiger partial charge in [-0.3, -0.25) is 9.59 Å². The van der Waals surface area contributed by atoms with E-state index in [4.69, 9.17) is 0 Å². The number of aromatic hydroxyl groups is 1. The number of halogens is 1. The number of sulfonamides is 1. The maximum absolute atomic E-state index is 14.1. The van der Waals surface area contributed by atoms with Gasteiger partial charge in [-0.25, -0.2) is 13.1 Å². The van der Waals surface area contributed by atoms with Crippen LogP contribution < -0.4 is 15.6 Å². The number of pyridine rings is 1. The summed E-state index contributed by atoms with van der Waals surface area (Å²) >= 11 is 3.58. The molecule has 9 nitrogen and oxygen atoms in total. The zero-order chi connectivity index (χ0) is 33.3.